The Bertz CT molecular complexity index is 1600. The van der Waals surface area contributed by atoms with E-state index in [0.717, 1.165) is 0 Å². The first-order chi connectivity index (χ1) is 25.0. The lowest BCUT2D eigenvalue weighted by Crippen LogP contribution is -2.59. The molecule has 1 spiro atoms. The molecule has 3 saturated heterocycles. The van der Waals surface area contributed by atoms with E-state index in [1.54, 1.807) is 48.6 Å². The van der Waals surface area contributed by atoms with E-state index in [2.05, 4.69) is 18.5 Å². The summed E-state index contributed by atoms with van der Waals surface area (Å²) in [7, 11) is 1.50. The van der Waals surface area contributed by atoms with Crippen LogP contribution in [0.1, 0.15) is 57.6 Å². The van der Waals surface area contributed by atoms with Crippen LogP contribution in [0.2, 0.25) is 5.02 Å². The van der Waals surface area contributed by atoms with E-state index in [9.17, 15) is 24.3 Å². The molecular weight excluding hydrogens is 686 g/mol. The number of esters is 1. The Hall–Kier alpha value is -4.03. The van der Waals surface area contributed by atoms with Crippen LogP contribution in [0.3, 0.4) is 0 Å². The fourth-order valence-electron chi connectivity index (χ4n) is 8.20. The molecule has 0 saturated carbocycles. The standard InChI is InChI=1S/C40H50ClN3O8/c1-6-8-14-32(46)42-30(24-50-5)35(26-12-10-9-11-13-26)51-39(49)33-31-19-20-40(52-31)34(33)37(47)44(29(23-45)22-25(3)4)36(40)38(48)43(21-7-2)28-17-15-27(41)16-18-28/h6-7,9-13,15-18,25,29-31,33-36,45H,1-2,8,14,19-24H2,3-5H3,(H,42,46)/t29-,30-,31-,33+,34+,35-,36-,40+/m1/s1. The summed E-state index contributed by atoms with van der Waals surface area (Å²) in [5, 5.41) is 14.2. The molecule has 2 aromatic carbocycles. The Balaban J connectivity index is 1.54. The number of ether oxygens (including phenoxy) is 3. The average molecular weight is 736 g/mol. The predicted octanol–water partition coefficient (Wildman–Crippen LogP) is 5.02. The SMILES string of the molecule is C=CCCC(=O)N[C@H](COC)[C@H](OC(=O)[C@@H]1[C@H]2C(=O)N([C@@H](CO)CC(C)C)[C@H](C(=O)N(CC=C)c3ccc(Cl)cc3)[C@]23CC[C@H]1O3)c1ccccc1. The van der Waals surface area contributed by atoms with Crippen molar-refractivity contribution in [3.8, 4) is 0 Å². The first kappa shape index (κ1) is 39.2. The number of likely N-dealkylation sites (tertiary alicyclic amines) is 1. The van der Waals surface area contributed by atoms with Crippen molar-refractivity contribution >= 4 is 41.0 Å². The zero-order chi connectivity index (χ0) is 37.6. The van der Waals surface area contributed by atoms with Gasteiger partial charge in [0.15, 0.2) is 0 Å². The molecule has 2 N–H and O–H groups in total. The maximum Gasteiger partial charge on any atom is 0.313 e. The van der Waals surface area contributed by atoms with Crippen LogP contribution in [0.15, 0.2) is 79.9 Å². The minimum absolute atomic E-state index is 0.0468. The number of hydrogen-bond donors (Lipinski definition) is 2. The largest absolute Gasteiger partial charge is 0.455 e. The Kier molecular flexibility index (Phi) is 13.0. The van der Waals surface area contributed by atoms with Gasteiger partial charge in [-0.05, 0) is 61.4 Å². The zero-order valence-electron chi connectivity index (χ0n) is 30.1. The molecule has 5 rings (SSSR count). The van der Waals surface area contributed by atoms with E-state index >= 15 is 0 Å². The predicted molar refractivity (Wildman–Crippen MR) is 197 cm³/mol. The summed E-state index contributed by atoms with van der Waals surface area (Å²) in [6, 6.07) is 13.3. The van der Waals surface area contributed by atoms with Crippen molar-refractivity contribution in [1.82, 2.24) is 10.2 Å². The van der Waals surface area contributed by atoms with Crippen LogP contribution in [-0.2, 0) is 33.4 Å². The normalized spacial score (nSPS) is 25.0. The number of carbonyl (C=O) groups is 4. The second kappa shape index (κ2) is 17.2. The smallest absolute Gasteiger partial charge is 0.313 e. The van der Waals surface area contributed by atoms with Gasteiger partial charge in [-0.1, -0.05) is 67.9 Å². The third kappa shape index (κ3) is 7.83. The van der Waals surface area contributed by atoms with Crippen LogP contribution in [0.4, 0.5) is 5.69 Å². The number of aliphatic hydroxyl groups excluding tert-OH is 1. The van der Waals surface area contributed by atoms with Crippen molar-refractivity contribution in [3.63, 3.8) is 0 Å². The molecular formula is C40H50ClN3O8. The zero-order valence-corrected chi connectivity index (χ0v) is 30.9. The number of aliphatic hydroxyl groups is 1. The van der Waals surface area contributed by atoms with Gasteiger partial charge in [0.1, 0.15) is 17.7 Å². The van der Waals surface area contributed by atoms with Crippen LogP contribution in [-0.4, -0.2) is 90.4 Å². The summed E-state index contributed by atoms with van der Waals surface area (Å²) in [5.74, 6) is -3.74. The second-order valence-corrected chi connectivity index (χ2v) is 14.6. The first-order valence-electron chi connectivity index (χ1n) is 17.9. The molecule has 3 aliphatic rings. The molecule has 12 heteroatoms. The maximum atomic E-state index is 14.9. The molecule has 3 aliphatic heterocycles. The number of methoxy groups -OCH3 is 1. The van der Waals surface area contributed by atoms with Crippen molar-refractivity contribution in [2.24, 2.45) is 17.8 Å². The number of nitrogens with one attached hydrogen (secondary N) is 1. The third-order valence-corrected chi connectivity index (χ3v) is 10.6. The van der Waals surface area contributed by atoms with Gasteiger partial charge in [0.2, 0.25) is 11.8 Å². The van der Waals surface area contributed by atoms with Crippen LogP contribution in [0.25, 0.3) is 0 Å². The monoisotopic (exact) mass is 735 g/mol. The minimum atomic E-state index is -1.34. The van der Waals surface area contributed by atoms with E-state index in [-0.39, 0.29) is 38.0 Å². The molecule has 3 fully saturated rings. The molecule has 2 aromatic rings. The van der Waals surface area contributed by atoms with Crippen LogP contribution in [0.5, 0.6) is 0 Å². The number of carbonyl (C=O) groups excluding carboxylic acids is 4. The lowest BCUT2D eigenvalue weighted by atomic mass is 9.70. The number of amides is 3. The van der Waals surface area contributed by atoms with Gasteiger partial charge in [-0.2, -0.15) is 0 Å². The van der Waals surface area contributed by atoms with Crippen molar-refractivity contribution in [3.05, 3.63) is 90.5 Å². The van der Waals surface area contributed by atoms with E-state index in [1.807, 2.05) is 32.0 Å². The Morgan fingerprint density at radius 2 is 1.85 bits per heavy atom. The van der Waals surface area contributed by atoms with E-state index in [0.29, 0.717) is 42.0 Å². The van der Waals surface area contributed by atoms with Crippen LogP contribution in [0, 0.1) is 17.8 Å². The Morgan fingerprint density at radius 3 is 2.46 bits per heavy atom. The molecule has 0 aromatic heterocycles. The van der Waals surface area contributed by atoms with Gasteiger partial charge in [-0.25, -0.2) is 0 Å². The van der Waals surface area contributed by atoms with Gasteiger partial charge in [-0.15, -0.1) is 13.2 Å². The number of halogens is 1. The second-order valence-electron chi connectivity index (χ2n) is 14.2. The van der Waals surface area contributed by atoms with E-state index < -0.39 is 65.6 Å². The summed E-state index contributed by atoms with van der Waals surface area (Å²) < 4.78 is 18.5. The average Bonchev–Trinajstić information content (AvgIpc) is 3.78. The van der Waals surface area contributed by atoms with Gasteiger partial charge >= 0.3 is 5.97 Å². The number of allylic oxidation sites excluding steroid dienone is 1. The van der Waals surface area contributed by atoms with Crippen LogP contribution >= 0.6 is 11.6 Å². The number of fused-ring (bicyclic) bond motifs is 1. The molecule has 0 aliphatic carbocycles. The van der Waals surface area contributed by atoms with Crippen molar-refractivity contribution < 1.29 is 38.5 Å². The van der Waals surface area contributed by atoms with Gasteiger partial charge in [0.05, 0.1) is 43.2 Å². The highest BCUT2D eigenvalue weighted by molar-refractivity contribution is 6.30. The molecule has 11 nitrogen and oxygen atoms in total. The first-order valence-corrected chi connectivity index (χ1v) is 18.3. The van der Waals surface area contributed by atoms with Crippen molar-refractivity contribution in [2.45, 2.75) is 81.9 Å². The lowest BCUT2D eigenvalue weighted by Gasteiger charge is -2.39. The minimum Gasteiger partial charge on any atom is -0.455 e. The fraction of sp³-hybridized carbons (Fsp3) is 0.500. The number of anilines is 1. The maximum absolute atomic E-state index is 14.9. The highest BCUT2D eigenvalue weighted by Gasteiger charge is 2.75. The highest BCUT2D eigenvalue weighted by Crippen LogP contribution is 2.59. The number of rotatable bonds is 18. The summed E-state index contributed by atoms with van der Waals surface area (Å²) in [5.41, 5.74) is -0.154. The molecule has 0 radical (unpaired) electrons. The van der Waals surface area contributed by atoms with Crippen molar-refractivity contribution in [1.29, 1.82) is 0 Å². The molecule has 2 bridgehead atoms. The lowest BCUT2D eigenvalue weighted by molar-refractivity contribution is -0.163. The quantitative estimate of drug-likeness (QED) is 0.161. The molecule has 0 unspecified atom stereocenters. The third-order valence-electron chi connectivity index (χ3n) is 10.3. The van der Waals surface area contributed by atoms with E-state index in [4.69, 9.17) is 25.8 Å². The fourth-order valence-corrected chi connectivity index (χ4v) is 8.32. The van der Waals surface area contributed by atoms with Gasteiger partial charge < -0.3 is 34.4 Å². The summed E-state index contributed by atoms with van der Waals surface area (Å²) in [4.78, 5) is 60.2. The Morgan fingerprint density at radius 1 is 1.13 bits per heavy atom. The van der Waals surface area contributed by atoms with Gasteiger partial charge in [0, 0.05) is 30.8 Å². The van der Waals surface area contributed by atoms with Crippen LogP contribution < -0.4 is 10.2 Å². The van der Waals surface area contributed by atoms with Gasteiger partial charge in [-0.3, -0.25) is 19.2 Å². The summed E-state index contributed by atoms with van der Waals surface area (Å²) in [6.07, 6.45) is 3.50. The molecule has 3 heterocycles. The number of nitrogens with zero attached hydrogens (tertiary/aromatic N) is 2. The Labute approximate surface area is 310 Å². The van der Waals surface area contributed by atoms with E-state index in [1.165, 1.54) is 16.9 Å². The van der Waals surface area contributed by atoms with Gasteiger partial charge in [0.25, 0.3) is 5.91 Å². The highest BCUT2D eigenvalue weighted by atomic mass is 35.5. The van der Waals surface area contributed by atoms with Crippen molar-refractivity contribution in [2.75, 3.05) is 31.8 Å². The summed E-state index contributed by atoms with van der Waals surface area (Å²) in [6.45, 7) is 11.3. The summed E-state index contributed by atoms with van der Waals surface area (Å²) >= 11 is 6.18. The number of hydrogen-bond acceptors (Lipinski definition) is 8. The molecule has 280 valence electrons. The molecule has 3 amide bonds. The molecule has 8 atom stereocenters. The topological polar surface area (TPSA) is 135 Å². The number of benzene rings is 2. The molecule has 52 heavy (non-hydrogen) atoms.